The van der Waals surface area contributed by atoms with Crippen LogP contribution in [0.2, 0.25) is 0 Å². The van der Waals surface area contributed by atoms with Crippen LogP contribution in [0.4, 0.5) is 4.39 Å². The van der Waals surface area contributed by atoms with E-state index in [0.29, 0.717) is 18.7 Å². The molecule has 1 aromatic carbocycles. The van der Waals surface area contributed by atoms with Crippen LogP contribution in [0, 0.1) is 5.41 Å². The summed E-state index contributed by atoms with van der Waals surface area (Å²) in [6, 6.07) is 7.36. The van der Waals surface area contributed by atoms with Crippen LogP contribution in [0.15, 0.2) is 75.9 Å². The molecule has 0 spiro atoms. The first-order valence-corrected chi connectivity index (χ1v) is 12.1. The number of amides is 1. The molecule has 1 fully saturated rings. The number of carbonyl (C=O) groups is 1. The number of hydrazone groups is 1. The highest BCUT2D eigenvalue weighted by Gasteiger charge is 2.31. The van der Waals surface area contributed by atoms with Crippen LogP contribution >= 0.6 is 15.9 Å². The number of alkyl halides is 1. The minimum Gasteiger partial charge on any atom is -0.345 e. The van der Waals surface area contributed by atoms with Crippen molar-refractivity contribution in [1.29, 1.82) is 5.41 Å². The number of rotatable bonds is 5. The molecule has 2 unspecified atom stereocenters. The number of likely N-dealkylation sites (N-methyl/N-ethyl adjacent to an activating group) is 1. The van der Waals surface area contributed by atoms with Gasteiger partial charge in [-0.1, -0.05) is 40.7 Å². The van der Waals surface area contributed by atoms with E-state index in [0.717, 1.165) is 40.5 Å². The molecule has 1 aromatic rings. The molecule has 35 heavy (non-hydrogen) atoms. The largest absolute Gasteiger partial charge is 0.345 e. The third kappa shape index (κ3) is 8.44. The van der Waals surface area contributed by atoms with Gasteiger partial charge >= 0.3 is 0 Å². The van der Waals surface area contributed by atoms with Crippen LogP contribution in [0.1, 0.15) is 28.3 Å². The number of benzene rings is 1. The minimum absolute atomic E-state index is 0.0458. The molecule has 2 radical (unpaired) electrons. The van der Waals surface area contributed by atoms with Gasteiger partial charge in [0.1, 0.15) is 14.0 Å². The maximum absolute atomic E-state index is 15.1. The first-order valence-electron chi connectivity index (χ1n) is 11.3. The van der Waals surface area contributed by atoms with Crippen molar-refractivity contribution in [3.8, 4) is 0 Å². The zero-order valence-electron chi connectivity index (χ0n) is 20.5. The summed E-state index contributed by atoms with van der Waals surface area (Å²) in [6.07, 6.45) is 7.89. The van der Waals surface area contributed by atoms with Gasteiger partial charge in [-0.15, -0.1) is 5.98 Å². The smallest absolute Gasteiger partial charge is 0.253 e. The Labute approximate surface area is 217 Å². The Morgan fingerprint density at radius 1 is 1.37 bits per heavy atom. The van der Waals surface area contributed by atoms with Crippen LogP contribution in [0.5, 0.6) is 0 Å². The first kappa shape index (κ1) is 28.5. The fourth-order valence-corrected chi connectivity index (χ4v) is 4.03. The maximum Gasteiger partial charge on any atom is 0.253 e. The van der Waals surface area contributed by atoms with Crippen molar-refractivity contribution in [3.05, 3.63) is 81.9 Å². The van der Waals surface area contributed by atoms with Crippen molar-refractivity contribution >= 4 is 42.1 Å². The van der Waals surface area contributed by atoms with E-state index in [9.17, 15) is 4.79 Å². The molecule has 3 rings (SSSR count). The lowest BCUT2D eigenvalue weighted by molar-refractivity contribution is 0.0827. The molecule has 2 aliphatic rings. The van der Waals surface area contributed by atoms with Gasteiger partial charge in [0.15, 0.2) is 0 Å². The molecule has 0 saturated carbocycles. The molecule has 1 saturated heterocycles. The molecule has 184 valence electrons. The van der Waals surface area contributed by atoms with Crippen molar-refractivity contribution in [2.24, 2.45) is 5.10 Å². The first-order chi connectivity index (χ1) is 16.7. The second kappa shape index (κ2) is 13.9. The number of allylic oxidation sites excluding steroid dienone is 5. The van der Waals surface area contributed by atoms with Crippen LogP contribution in [-0.2, 0) is 0 Å². The highest BCUT2D eigenvalue weighted by molar-refractivity contribution is 9.12. The highest BCUT2D eigenvalue weighted by atomic mass is 79.9. The Morgan fingerprint density at radius 2 is 2.06 bits per heavy atom. The highest BCUT2D eigenvalue weighted by Crippen LogP contribution is 2.31. The topological polar surface area (TPSA) is 63.0 Å². The summed E-state index contributed by atoms with van der Waals surface area (Å²) in [5.74, 6) is 1.11. The minimum atomic E-state index is -0.966. The third-order valence-corrected chi connectivity index (χ3v) is 6.51. The lowest BCUT2D eigenvalue weighted by atomic mass is 9.87. The van der Waals surface area contributed by atoms with E-state index in [1.807, 2.05) is 31.3 Å². The number of halogens is 2. The van der Waals surface area contributed by atoms with Crippen LogP contribution in [0.3, 0.4) is 0 Å². The van der Waals surface area contributed by atoms with E-state index >= 15 is 4.39 Å². The van der Waals surface area contributed by atoms with E-state index < -0.39 is 6.17 Å². The Bertz CT molecular complexity index is 1020. The van der Waals surface area contributed by atoms with Crippen molar-refractivity contribution in [2.45, 2.75) is 18.5 Å². The van der Waals surface area contributed by atoms with Gasteiger partial charge in [-0.2, -0.15) is 5.10 Å². The van der Waals surface area contributed by atoms with Gasteiger partial charge in [0.25, 0.3) is 5.91 Å². The molecule has 2 aliphatic heterocycles. The van der Waals surface area contributed by atoms with Crippen molar-refractivity contribution in [2.75, 3.05) is 40.8 Å². The van der Waals surface area contributed by atoms with E-state index in [2.05, 4.69) is 32.5 Å². The number of nitrogens with zero attached hydrogens (tertiary/aromatic N) is 4. The zero-order chi connectivity index (χ0) is 26.0. The average molecular weight is 540 g/mol. The summed E-state index contributed by atoms with van der Waals surface area (Å²) in [5, 5.41) is 12.5. The molecule has 0 aliphatic carbocycles. The molecule has 1 amide bonds. The maximum atomic E-state index is 15.1. The molecule has 6 nitrogen and oxygen atoms in total. The van der Waals surface area contributed by atoms with Gasteiger partial charge in [0.2, 0.25) is 0 Å². The van der Waals surface area contributed by atoms with Gasteiger partial charge in [0, 0.05) is 62.6 Å². The van der Waals surface area contributed by atoms with E-state index in [1.165, 1.54) is 12.1 Å². The predicted molar refractivity (Wildman–Crippen MR) is 147 cm³/mol. The standard InChI is InChI=1S/C23H28BrFN4O.C3H4BN/c1-16-13-19(28(4)26-11-9-21(16)24)14-29-12-10-20(22(25)15-29)17-5-7-18(8-6-17)23(30)27(2)3;4-2-1-3-5/h5-9,11,13,20,22H,1,10,12,14-15H2,2-4H3;1-3,5H/b19-13-,21-9+,26-11-;2-1+,5-3?. The SMILES string of the molecule is C=C1/C=C(/CN2CCC(c3ccc(C(=O)N(C)C)cc3)C(F)C2)N(C)/N=C\C=C/1Br.[B]/C=C/C=N. The average Bonchev–Trinajstić information content (AvgIpc) is 2.83. The van der Waals surface area contributed by atoms with E-state index in [1.54, 1.807) is 42.4 Å². The van der Waals surface area contributed by atoms with Gasteiger partial charge in [0.05, 0.1) is 5.70 Å². The summed E-state index contributed by atoms with van der Waals surface area (Å²) < 4.78 is 16.0. The Morgan fingerprint density at radius 3 is 2.60 bits per heavy atom. The van der Waals surface area contributed by atoms with Crippen molar-refractivity contribution in [3.63, 3.8) is 0 Å². The normalized spacial score (nSPS) is 24.7. The fraction of sp³-hybridized carbons (Fsp3) is 0.346. The molecule has 0 bridgehead atoms. The summed E-state index contributed by atoms with van der Waals surface area (Å²) in [5.41, 5.74) is 3.41. The second-order valence-corrected chi connectivity index (χ2v) is 9.34. The molecular formula is C26H32BBrFN5O. The monoisotopic (exact) mass is 539 g/mol. The van der Waals surface area contributed by atoms with Crippen LogP contribution in [0.25, 0.3) is 0 Å². The van der Waals surface area contributed by atoms with E-state index in [4.69, 9.17) is 13.3 Å². The Balaban J connectivity index is 0.000000784. The Hall–Kier alpha value is -2.78. The van der Waals surface area contributed by atoms with Gasteiger partial charge in [-0.25, -0.2) is 4.39 Å². The molecular weight excluding hydrogens is 508 g/mol. The summed E-state index contributed by atoms with van der Waals surface area (Å²) in [7, 11) is 10.1. The van der Waals surface area contributed by atoms with Gasteiger partial charge in [-0.05, 0) is 48.4 Å². The second-order valence-electron chi connectivity index (χ2n) is 8.48. The Kier molecular flexibility index (Phi) is 11.3. The summed E-state index contributed by atoms with van der Waals surface area (Å²) >= 11 is 3.49. The van der Waals surface area contributed by atoms with Gasteiger partial charge in [-0.3, -0.25) is 14.7 Å². The third-order valence-electron chi connectivity index (χ3n) is 5.73. The molecule has 1 N–H and O–H groups in total. The van der Waals surface area contributed by atoms with Crippen LogP contribution in [-0.4, -0.2) is 87.9 Å². The van der Waals surface area contributed by atoms with Crippen molar-refractivity contribution in [1.82, 2.24) is 14.8 Å². The number of hydrogen-bond acceptors (Lipinski definition) is 5. The number of carbonyl (C=O) groups excluding carboxylic acids is 1. The zero-order valence-corrected chi connectivity index (χ0v) is 22.1. The fourth-order valence-electron chi connectivity index (χ4n) is 3.79. The number of piperidine rings is 1. The van der Waals surface area contributed by atoms with Crippen molar-refractivity contribution < 1.29 is 9.18 Å². The molecule has 0 aromatic heterocycles. The predicted octanol–water partition coefficient (Wildman–Crippen LogP) is 4.48. The number of nitrogens with one attached hydrogen (secondary N) is 1. The van der Waals surface area contributed by atoms with Gasteiger partial charge < -0.3 is 10.3 Å². The number of hydrogen-bond donors (Lipinski definition) is 1. The lowest BCUT2D eigenvalue weighted by Gasteiger charge is -2.36. The molecule has 9 heteroatoms. The molecule has 2 heterocycles. The van der Waals surface area contributed by atoms with E-state index in [-0.39, 0.29) is 11.8 Å². The summed E-state index contributed by atoms with van der Waals surface area (Å²) in [4.78, 5) is 15.7. The van der Waals surface area contributed by atoms with Crippen LogP contribution < -0.4 is 0 Å². The lowest BCUT2D eigenvalue weighted by Crippen LogP contribution is -2.42. The molecule has 2 atom stereocenters. The number of likely N-dealkylation sites (tertiary alicyclic amines) is 1. The quantitative estimate of drug-likeness (QED) is 0.443. The summed E-state index contributed by atoms with van der Waals surface area (Å²) in [6.45, 7) is 5.84.